The summed E-state index contributed by atoms with van der Waals surface area (Å²) in [6.45, 7) is 6.24. The van der Waals surface area contributed by atoms with Gasteiger partial charge in [0.1, 0.15) is 0 Å². The van der Waals surface area contributed by atoms with Crippen molar-refractivity contribution >= 4 is 45.8 Å². The first-order valence-electron chi connectivity index (χ1n) is 5.75. The molecule has 0 aliphatic rings. The van der Waals surface area contributed by atoms with Gasteiger partial charge in [0.25, 0.3) is 0 Å². The number of rotatable bonds is 3. The molecular weight excluding hydrogens is 361 g/mol. The van der Waals surface area contributed by atoms with Crippen molar-refractivity contribution in [2.75, 3.05) is 5.32 Å². The van der Waals surface area contributed by atoms with Gasteiger partial charge >= 0.3 is 0 Å². The summed E-state index contributed by atoms with van der Waals surface area (Å²) in [5.74, 6) is 0.825. The average molecular weight is 376 g/mol. The van der Waals surface area contributed by atoms with Crippen LogP contribution in [-0.2, 0) is 0 Å². The molecule has 3 nitrogen and oxygen atoms in total. The van der Waals surface area contributed by atoms with E-state index in [1.165, 1.54) is 0 Å². The Labute approximate surface area is 126 Å². The molecule has 0 spiro atoms. The number of benzene rings is 1. The smallest absolute Gasteiger partial charge is 0.207 e. The van der Waals surface area contributed by atoms with E-state index in [4.69, 9.17) is 11.6 Å². The average Bonchev–Trinajstić information content (AvgIpc) is 2.64. The Morgan fingerprint density at radius 2 is 2.11 bits per heavy atom. The lowest BCUT2D eigenvalue weighted by Gasteiger charge is -2.13. The highest BCUT2D eigenvalue weighted by Crippen LogP contribution is 2.27. The van der Waals surface area contributed by atoms with Gasteiger partial charge in [0, 0.05) is 15.8 Å². The van der Waals surface area contributed by atoms with E-state index in [-0.39, 0.29) is 0 Å². The van der Waals surface area contributed by atoms with Gasteiger partial charge in [0.2, 0.25) is 5.95 Å². The highest BCUT2D eigenvalue weighted by molar-refractivity contribution is 14.1. The van der Waals surface area contributed by atoms with E-state index < -0.39 is 0 Å². The van der Waals surface area contributed by atoms with Gasteiger partial charge in [-0.05, 0) is 61.6 Å². The summed E-state index contributed by atoms with van der Waals surface area (Å²) in [5, 5.41) is 3.99. The molecule has 96 valence electrons. The van der Waals surface area contributed by atoms with Crippen LogP contribution < -0.4 is 5.32 Å². The fourth-order valence-electron chi connectivity index (χ4n) is 1.71. The summed E-state index contributed by atoms with van der Waals surface area (Å²) in [4.78, 5) is 4.48. The summed E-state index contributed by atoms with van der Waals surface area (Å²) in [6, 6.07) is 6.28. The van der Waals surface area contributed by atoms with Crippen LogP contribution in [0.15, 0.2) is 24.4 Å². The van der Waals surface area contributed by atoms with Crippen LogP contribution in [0, 0.1) is 10.5 Å². The van der Waals surface area contributed by atoms with Crippen molar-refractivity contribution < 1.29 is 0 Å². The molecule has 0 aliphatic heterocycles. The van der Waals surface area contributed by atoms with Crippen molar-refractivity contribution in [2.24, 2.45) is 0 Å². The third kappa shape index (κ3) is 2.98. The number of anilines is 2. The monoisotopic (exact) mass is 375 g/mol. The topological polar surface area (TPSA) is 29.9 Å². The molecule has 0 amide bonds. The molecule has 0 saturated carbocycles. The molecule has 0 unspecified atom stereocenters. The zero-order valence-electron chi connectivity index (χ0n) is 10.5. The molecule has 0 atom stereocenters. The highest BCUT2D eigenvalue weighted by Gasteiger charge is 2.10. The number of nitrogens with zero attached hydrogens (tertiary/aromatic N) is 2. The summed E-state index contributed by atoms with van der Waals surface area (Å²) in [5.41, 5.74) is 1.87. The standard InChI is InChI=1S/C13H15ClIN3/c1-8(2)18-7-9(3)16-13(18)17-12-5-4-10(15)6-11(12)14/h4-8H,1-3H3,(H,16,17). The molecule has 5 heteroatoms. The largest absolute Gasteiger partial charge is 0.324 e. The molecule has 0 radical (unpaired) electrons. The zero-order chi connectivity index (χ0) is 13.3. The van der Waals surface area contributed by atoms with Gasteiger partial charge in [0.05, 0.1) is 16.4 Å². The maximum absolute atomic E-state index is 6.21. The van der Waals surface area contributed by atoms with E-state index in [2.05, 4.69) is 51.3 Å². The molecule has 2 rings (SSSR count). The van der Waals surface area contributed by atoms with E-state index in [1.807, 2.05) is 31.3 Å². The third-order valence-electron chi connectivity index (χ3n) is 2.59. The number of imidazole rings is 1. The Morgan fingerprint density at radius 3 is 2.72 bits per heavy atom. The number of halogens is 2. The molecule has 0 bridgehead atoms. The summed E-state index contributed by atoms with van der Waals surface area (Å²) < 4.78 is 3.22. The van der Waals surface area contributed by atoms with Crippen molar-refractivity contribution in [3.63, 3.8) is 0 Å². The lowest BCUT2D eigenvalue weighted by molar-refractivity contribution is 0.607. The molecule has 0 aliphatic carbocycles. The van der Waals surface area contributed by atoms with Crippen LogP contribution in [0.3, 0.4) is 0 Å². The fourth-order valence-corrected chi connectivity index (χ4v) is 2.62. The minimum Gasteiger partial charge on any atom is -0.324 e. The maximum atomic E-state index is 6.21. The Bertz CT molecular complexity index is 563. The molecule has 1 aromatic carbocycles. The number of aryl methyl sites for hydroxylation is 1. The van der Waals surface area contributed by atoms with Crippen LogP contribution >= 0.6 is 34.2 Å². The second-order valence-electron chi connectivity index (χ2n) is 4.46. The van der Waals surface area contributed by atoms with E-state index in [9.17, 15) is 0 Å². The number of aromatic nitrogens is 2. The quantitative estimate of drug-likeness (QED) is 0.783. The van der Waals surface area contributed by atoms with Crippen LogP contribution in [0.4, 0.5) is 11.6 Å². The minimum atomic E-state index is 0.358. The first-order chi connectivity index (χ1) is 8.47. The maximum Gasteiger partial charge on any atom is 0.207 e. The van der Waals surface area contributed by atoms with Crippen molar-refractivity contribution in [1.29, 1.82) is 0 Å². The van der Waals surface area contributed by atoms with Crippen LogP contribution in [0.25, 0.3) is 0 Å². The van der Waals surface area contributed by atoms with E-state index >= 15 is 0 Å². The Hall–Kier alpha value is -0.750. The lowest BCUT2D eigenvalue weighted by Crippen LogP contribution is -2.05. The van der Waals surface area contributed by atoms with Gasteiger partial charge in [-0.1, -0.05) is 11.6 Å². The van der Waals surface area contributed by atoms with Gasteiger partial charge in [0.15, 0.2) is 0 Å². The first-order valence-corrected chi connectivity index (χ1v) is 7.20. The predicted molar refractivity (Wildman–Crippen MR) is 84.8 cm³/mol. The molecule has 2 aromatic rings. The third-order valence-corrected chi connectivity index (χ3v) is 3.57. The van der Waals surface area contributed by atoms with Crippen LogP contribution in [0.5, 0.6) is 0 Å². The van der Waals surface area contributed by atoms with Gasteiger partial charge in [-0.2, -0.15) is 0 Å². The van der Waals surface area contributed by atoms with Crippen molar-refractivity contribution in [2.45, 2.75) is 26.8 Å². The molecule has 1 aromatic heterocycles. The molecule has 18 heavy (non-hydrogen) atoms. The highest BCUT2D eigenvalue weighted by atomic mass is 127. The summed E-state index contributed by atoms with van der Waals surface area (Å²) in [7, 11) is 0. The minimum absolute atomic E-state index is 0.358. The lowest BCUT2D eigenvalue weighted by atomic mass is 10.3. The number of nitrogens with one attached hydrogen (secondary N) is 1. The van der Waals surface area contributed by atoms with Gasteiger partial charge in [-0.3, -0.25) is 0 Å². The number of hydrogen-bond donors (Lipinski definition) is 1. The Morgan fingerprint density at radius 1 is 1.39 bits per heavy atom. The second-order valence-corrected chi connectivity index (χ2v) is 6.11. The van der Waals surface area contributed by atoms with E-state index in [0.29, 0.717) is 11.1 Å². The van der Waals surface area contributed by atoms with Crippen LogP contribution in [0.2, 0.25) is 5.02 Å². The molecule has 0 fully saturated rings. The van der Waals surface area contributed by atoms with Gasteiger partial charge in [-0.15, -0.1) is 0 Å². The fraction of sp³-hybridized carbons (Fsp3) is 0.308. The summed E-state index contributed by atoms with van der Waals surface area (Å²) >= 11 is 8.46. The van der Waals surface area contributed by atoms with Crippen molar-refractivity contribution in [3.8, 4) is 0 Å². The van der Waals surface area contributed by atoms with Gasteiger partial charge < -0.3 is 9.88 Å². The van der Waals surface area contributed by atoms with Gasteiger partial charge in [-0.25, -0.2) is 4.98 Å². The Kier molecular flexibility index (Phi) is 4.17. The van der Waals surface area contributed by atoms with Crippen LogP contribution in [0.1, 0.15) is 25.6 Å². The molecule has 1 heterocycles. The second kappa shape index (κ2) is 5.48. The zero-order valence-corrected chi connectivity index (χ0v) is 13.5. The van der Waals surface area contributed by atoms with Crippen LogP contribution in [-0.4, -0.2) is 9.55 Å². The SMILES string of the molecule is Cc1cn(C(C)C)c(Nc2ccc(I)cc2Cl)n1. The van der Waals surface area contributed by atoms with E-state index in [0.717, 1.165) is 20.9 Å². The molecular formula is C13H15ClIN3. The van der Waals surface area contributed by atoms with Crippen molar-refractivity contribution in [3.05, 3.63) is 38.7 Å². The van der Waals surface area contributed by atoms with Crippen molar-refractivity contribution in [1.82, 2.24) is 9.55 Å². The number of hydrogen-bond acceptors (Lipinski definition) is 2. The normalized spacial score (nSPS) is 11.0. The molecule has 1 N–H and O–H groups in total. The molecule has 0 saturated heterocycles. The summed E-state index contributed by atoms with van der Waals surface area (Å²) in [6.07, 6.45) is 2.04. The van der Waals surface area contributed by atoms with E-state index in [1.54, 1.807) is 0 Å². The predicted octanol–water partition coefficient (Wildman–Crippen LogP) is 4.77. The first kappa shape index (κ1) is 13.7. The Balaban J connectivity index is 2.33.